The number of likely N-dealkylation sites (N-methyl/N-ethyl adjacent to an activating group) is 1. The van der Waals surface area contributed by atoms with Crippen molar-refractivity contribution in [1.82, 2.24) is 24.4 Å². The van der Waals surface area contributed by atoms with E-state index in [9.17, 15) is 4.79 Å². The van der Waals surface area contributed by atoms with Gasteiger partial charge in [0, 0.05) is 37.9 Å². The monoisotopic (exact) mass is 437 g/mol. The number of hydrogen-bond donors (Lipinski definition) is 0. The van der Waals surface area contributed by atoms with Gasteiger partial charge in [0.25, 0.3) is 5.91 Å². The average molecular weight is 438 g/mol. The predicted octanol–water partition coefficient (Wildman–Crippen LogP) is 3.20. The first-order valence-corrected chi connectivity index (χ1v) is 11.2. The Kier molecular flexibility index (Phi) is 6.32. The van der Waals surface area contributed by atoms with Crippen molar-refractivity contribution in [3.05, 3.63) is 41.3 Å². The van der Waals surface area contributed by atoms with Crippen molar-refractivity contribution < 1.29 is 14.3 Å². The lowest BCUT2D eigenvalue weighted by molar-refractivity contribution is 0.0662. The Labute approximate surface area is 188 Å². The van der Waals surface area contributed by atoms with Crippen LogP contribution in [0, 0.1) is 13.8 Å². The van der Waals surface area contributed by atoms with Crippen molar-refractivity contribution in [2.75, 3.05) is 46.4 Å². The fraction of sp³-hybridized carbons (Fsp3) is 0.458. The molecule has 0 unspecified atom stereocenters. The lowest BCUT2D eigenvalue weighted by Crippen LogP contribution is -2.47. The van der Waals surface area contributed by atoms with Crippen LogP contribution in [0.5, 0.6) is 11.5 Å². The van der Waals surface area contributed by atoms with Gasteiger partial charge in [0.15, 0.2) is 17.1 Å². The standard InChI is InChI=1S/C24H31N5O3/c1-6-31-20-9-8-18(14-21(20)32-7-2)22-16(3)26-29-17(4)19(15-25-23(22)29)24(30)28-12-10-27(5)11-13-28/h8-9,14-15H,6-7,10-13H2,1-5H3. The van der Waals surface area contributed by atoms with Crippen molar-refractivity contribution in [2.24, 2.45) is 0 Å². The van der Waals surface area contributed by atoms with E-state index >= 15 is 0 Å². The van der Waals surface area contributed by atoms with Gasteiger partial charge < -0.3 is 19.3 Å². The molecule has 8 heteroatoms. The topological polar surface area (TPSA) is 72.2 Å². The van der Waals surface area contributed by atoms with Crippen LogP contribution in [0.3, 0.4) is 0 Å². The van der Waals surface area contributed by atoms with Gasteiger partial charge in [-0.25, -0.2) is 9.50 Å². The molecule has 0 N–H and O–H groups in total. The molecule has 0 atom stereocenters. The van der Waals surface area contributed by atoms with E-state index in [1.165, 1.54) is 0 Å². The van der Waals surface area contributed by atoms with Crippen LogP contribution in [-0.2, 0) is 0 Å². The number of aryl methyl sites for hydroxylation is 2. The van der Waals surface area contributed by atoms with E-state index in [1.54, 1.807) is 10.7 Å². The molecule has 2 aromatic heterocycles. The lowest BCUT2D eigenvalue weighted by Gasteiger charge is -2.32. The minimum atomic E-state index is 0.0133. The van der Waals surface area contributed by atoms with Crippen molar-refractivity contribution in [2.45, 2.75) is 27.7 Å². The quantitative estimate of drug-likeness (QED) is 0.590. The van der Waals surface area contributed by atoms with Gasteiger partial charge in [-0.1, -0.05) is 6.07 Å². The number of amides is 1. The highest BCUT2D eigenvalue weighted by Gasteiger charge is 2.25. The molecule has 0 saturated carbocycles. The summed E-state index contributed by atoms with van der Waals surface area (Å²) in [5.74, 6) is 1.43. The molecule has 1 aromatic carbocycles. The number of benzene rings is 1. The lowest BCUT2D eigenvalue weighted by atomic mass is 10.1. The number of carbonyl (C=O) groups is 1. The van der Waals surface area contributed by atoms with Crippen LogP contribution >= 0.6 is 0 Å². The molecular weight excluding hydrogens is 406 g/mol. The van der Waals surface area contributed by atoms with Crippen LogP contribution in [0.15, 0.2) is 24.4 Å². The van der Waals surface area contributed by atoms with Crippen LogP contribution in [-0.4, -0.2) is 76.7 Å². The maximum atomic E-state index is 13.1. The van der Waals surface area contributed by atoms with E-state index in [2.05, 4.69) is 16.9 Å². The van der Waals surface area contributed by atoms with E-state index in [1.807, 2.05) is 50.8 Å². The minimum absolute atomic E-state index is 0.0133. The molecule has 0 spiro atoms. The highest BCUT2D eigenvalue weighted by Crippen LogP contribution is 2.36. The summed E-state index contributed by atoms with van der Waals surface area (Å²) in [5, 5.41) is 4.73. The van der Waals surface area contributed by atoms with Gasteiger partial charge >= 0.3 is 0 Å². The van der Waals surface area contributed by atoms with Gasteiger partial charge in [0.05, 0.1) is 30.2 Å². The number of aromatic nitrogens is 3. The zero-order valence-corrected chi connectivity index (χ0v) is 19.5. The molecule has 8 nitrogen and oxygen atoms in total. The second kappa shape index (κ2) is 9.16. The van der Waals surface area contributed by atoms with E-state index in [-0.39, 0.29) is 5.91 Å². The molecule has 0 radical (unpaired) electrons. The number of carbonyl (C=O) groups excluding carboxylic acids is 1. The van der Waals surface area contributed by atoms with E-state index in [0.717, 1.165) is 60.1 Å². The summed E-state index contributed by atoms with van der Waals surface area (Å²) in [6.45, 7) is 12.1. The van der Waals surface area contributed by atoms with Crippen LogP contribution in [0.4, 0.5) is 0 Å². The average Bonchev–Trinajstić information content (AvgIpc) is 3.12. The Balaban J connectivity index is 1.74. The molecule has 32 heavy (non-hydrogen) atoms. The largest absolute Gasteiger partial charge is 0.490 e. The number of ether oxygens (including phenoxy) is 2. The zero-order chi connectivity index (χ0) is 22.8. The van der Waals surface area contributed by atoms with E-state index in [0.29, 0.717) is 24.5 Å². The minimum Gasteiger partial charge on any atom is -0.490 e. The van der Waals surface area contributed by atoms with Gasteiger partial charge in [-0.2, -0.15) is 5.10 Å². The summed E-state index contributed by atoms with van der Waals surface area (Å²) in [6, 6.07) is 5.89. The predicted molar refractivity (Wildman–Crippen MR) is 124 cm³/mol. The van der Waals surface area contributed by atoms with E-state index in [4.69, 9.17) is 14.6 Å². The number of piperazine rings is 1. The summed E-state index contributed by atoms with van der Waals surface area (Å²) in [7, 11) is 2.08. The summed E-state index contributed by atoms with van der Waals surface area (Å²) < 4.78 is 13.3. The van der Waals surface area contributed by atoms with Crippen molar-refractivity contribution in [3.63, 3.8) is 0 Å². The molecule has 1 amide bonds. The van der Waals surface area contributed by atoms with Crippen molar-refractivity contribution in [3.8, 4) is 22.6 Å². The molecule has 4 rings (SSSR count). The summed E-state index contributed by atoms with van der Waals surface area (Å²) >= 11 is 0. The normalized spacial score (nSPS) is 14.7. The number of hydrogen-bond acceptors (Lipinski definition) is 6. The highest BCUT2D eigenvalue weighted by atomic mass is 16.5. The third-order valence-electron chi connectivity index (χ3n) is 5.91. The Bertz CT molecular complexity index is 1130. The molecule has 1 saturated heterocycles. The third-order valence-corrected chi connectivity index (χ3v) is 5.91. The molecule has 3 heterocycles. The van der Waals surface area contributed by atoms with E-state index < -0.39 is 0 Å². The van der Waals surface area contributed by atoms with Crippen LogP contribution in [0.2, 0.25) is 0 Å². The smallest absolute Gasteiger partial charge is 0.257 e. The van der Waals surface area contributed by atoms with Crippen LogP contribution < -0.4 is 9.47 Å². The molecule has 170 valence electrons. The fourth-order valence-electron chi connectivity index (χ4n) is 4.14. The highest BCUT2D eigenvalue weighted by molar-refractivity contribution is 5.95. The number of fused-ring (bicyclic) bond motifs is 1. The van der Waals surface area contributed by atoms with Crippen molar-refractivity contribution in [1.29, 1.82) is 0 Å². The molecular formula is C24H31N5O3. The number of rotatable bonds is 6. The summed E-state index contributed by atoms with van der Waals surface area (Å²) in [6.07, 6.45) is 1.69. The zero-order valence-electron chi connectivity index (χ0n) is 19.5. The van der Waals surface area contributed by atoms with Crippen molar-refractivity contribution >= 4 is 11.6 Å². The molecule has 1 aliphatic heterocycles. The van der Waals surface area contributed by atoms with Gasteiger partial charge in [-0.3, -0.25) is 4.79 Å². The first-order valence-electron chi connectivity index (χ1n) is 11.2. The Morgan fingerprint density at radius 2 is 1.72 bits per heavy atom. The number of nitrogens with zero attached hydrogens (tertiary/aromatic N) is 5. The first kappa shape index (κ1) is 22.1. The second-order valence-corrected chi connectivity index (χ2v) is 8.08. The maximum absolute atomic E-state index is 13.1. The van der Waals surface area contributed by atoms with Gasteiger partial charge in [-0.05, 0) is 52.4 Å². The van der Waals surface area contributed by atoms with Gasteiger partial charge in [0.1, 0.15) is 0 Å². The summed E-state index contributed by atoms with van der Waals surface area (Å²) in [5.41, 5.74) is 4.84. The second-order valence-electron chi connectivity index (χ2n) is 8.08. The Morgan fingerprint density at radius 3 is 2.41 bits per heavy atom. The molecule has 0 aliphatic carbocycles. The molecule has 0 bridgehead atoms. The first-order chi connectivity index (χ1) is 15.4. The van der Waals surface area contributed by atoms with Gasteiger partial charge in [0.2, 0.25) is 0 Å². The summed E-state index contributed by atoms with van der Waals surface area (Å²) in [4.78, 5) is 21.9. The fourth-order valence-corrected chi connectivity index (χ4v) is 4.14. The maximum Gasteiger partial charge on any atom is 0.257 e. The Morgan fingerprint density at radius 1 is 1.03 bits per heavy atom. The Hall–Kier alpha value is -3.13. The van der Waals surface area contributed by atoms with Crippen LogP contribution in [0.25, 0.3) is 16.8 Å². The van der Waals surface area contributed by atoms with Gasteiger partial charge in [-0.15, -0.1) is 0 Å². The molecule has 1 aliphatic rings. The SMILES string of the molecule is CCOc1ccc(-c2c(C)nn3c(C)c(C(=O)N4CCN(C)CC4)cnc23)cc1OCC. The third kappa shape index (κ3) is 4.02. The molecule has 3 aromatic rings. The van der Waals surface area contributed by atoms with Crippen LogP contribution in [0.1, 0.15) is 35.6 Å². The molecule has 1 fully saturated rings.